The molecule has 23 heavy (non-hydrogen) atoms. The van der Waals surface area contributed by atoms with Crippen LogP contribution in [0.1, 0.15) is 39.5 Å². The first-order valence-electron chi connectivity index (χ1n) is 8.25. The number of hydrogen-bond acceptors (Lipinski definition) is 3. The molecule has 0 bridgehead atoms. The number of carbonyl (C=O) groups is 1. The van der Waals surface area contributed by atoms with Gasteiger partial charge in [0, 0.05) is 24.3 Å². The van der Waals surface area contributed by atoms with Crippen LogP contribution in [0.3, 0.4) is 0 Å². The molecule has 1 aliphatic carbocycles. The largest absolute Gasteiger partial charge is 0.478 e. The molecule has 1 atom stereocenters. The summed E-state index contributed by atoms with van der Waals surface area (Å²) in [6, 6.07) is 7.32. The highest BCUT2D eigenvalue weighted by Crippen LogP contribution is 2.48. The molecule has 126 valence electrons. The molecule has 5 heteroatoms. The third-order valence-corrected chi connectivity index (χ3v) is 5.45. The summed E-state index contributed by atoms with van der Waals surface area (Å²) in [5.74, 6) is 0.576. The van der Waals surface area contributed by atoms with Crippen molar-refractivity contribution in [2.75, 3.05) is 13.2 Å². The normalized spacial score (nSPS) is 23.2. The van der Waals surface area contributed by atoms with Gasteiger partial charge in [0.05, 0.1) is 0 Å². The molecule has 4 nitrogen and oxygen atoms in total. The fraction of sp³-hybridized carbons (Fsp3) is 0.611. The predicted octanol–water partition coefficient (Wildman–Crippen LogP) is 3.57. The number of ether oxygens (including phenoxy) is 2. The van der Waals surface area contributed by atoms with E-state index in [1.54, 1.807) is 38.1 Å². The number of carbonyl (C=O) groups excluding carboxylic acids is 1. The molecule has 1 N–H and O–H groups in total. The minimum atomic E-state index is -0.921. The molecule has 2 aliphatic rings. The van der Waals surface area contributed by atoms with Crippen molar-refractivity contribution in [3.63, 3.8) is 0 Å². The van der Waals surface area contributed by atoms with E-state index in [-0.39, 0.29) is 17.4 Å². The fourth-order valence-electron chi connectivity index (χ4n) is 3.47. The molecule has 3 rings (SSSR count). The SMILES string of the molecule is CC(C)(Oc1ccc(Cl)cc1)C(=O)NC1CCC12CCOCC2. The Hall–Kier alpha value is -1.26. The van der Waals surface area contributed by atoms with Crippen LogP contribution in [0.5, 0.6) is 5.75 Å². The number of rotatable bonds is 4. The lowest BCUT2D eigenvalue weighted by Gasteiger charge is -2.52. The molecule has 0 radical (unpaired) electrons. The molecular formula is C18H24ClNO3. The number of nitrogens with one attached hydrogen (secondary N) is 1. The molecule has 1 amide bonds. The van der Waals surface area contributed by atoms with E-state index >= 15 is 0 Å². The lowest BCUT2D eigenvalue weighted by molar-refractivity contribution is -0.140. The first-order chi connectivity index (χ1) is 10.9. The molecule has 2 fully saturated rings. The lowest BCUT2D eigenvalue weighted by atomic mass is 9.60. The molecule has 1 aliphatic heterocycles. The van der Waals surface area contributed by atoms with Gasteiger partial charge in [-0.1, -0.05) is 11.6 Å². The minimum Gasteiger partial charge on any atom is -0.478 e. The Morgan fingerprint density at radius 3 is 2.48 bits per heavy atom. The van der Waals surface area contributed by atoms with Crippen LogP contribution in [0.15, 0.2) is 24.3 Å². The van der Waals surface area contributed by atoms with E-state index in [9.17, 15) is 4.79 Å². The van der Waals surface area contributed by atoms with Crippen LogP contribution in [0.4, 0.5) is 0 Å². The molecular weight excluding hydrogens is 314 g/mol. The summed E-state index contributed by atoms with van der Waals surface area (Å²) < 4.78 is 11.3. The van der Waals surface area contributed by atoms with Crippen LogP contribution in [0.2, 0.25) is 5.02 Å². The zero-order chi connectivity index (χ0) is 16.5. The topological polar surface area (TPSA) is 47.6 Å². The standard InChI is InChI=1S/C18H24ClNO3/c1-17(2,23-14-5-3-13(19)4-6-14)16(21)20-15-7-8-18(15)9-11-22-12-10-18/h3-6,15H,7-12H2,1-2H3,(H,20,21). The van der Waals surface area contributed by atoms with Crippen molar-refractivity contribution < 1.29 is 14.3 Å². The smallest absolute Gasteiger partial charge is 0.263 e. The fourth-order valence-corrected chi connectivity index (χ4v) is 3.60. The average Bonchev–Trinajstić information content (AvgIpc) is 2.54. The summed E-state index contributed by atoms with van der Waals surface area (Å²) in [6.07, 6.45) is 4.30. The van der Waals surface area contributed by atoms with E-state index < -0.39 is 5.60 Å². The van der Waals surface area contributed by atoms with Crippen LogP contribution < -0.4 is 10.1 Å². The highest BCUT2D eigenvalue weighted by molar-refractivity contribution is 6.30. The second-order valence-electron chi connectivity index (χ2n) is 7.11. The number of benzene rings is 1. The maximum atomic E-state index is 12.7. The van der Waals surface area contributed by atoms with Gasteiger partial charge in [-0.25, -0.2) is 0 Å². The van der Waals surface area contributed by atoms with Crippen molar-refractivity contribution in [1.82, 2.24) is 5.32 Å². The summed E-state index contributed by atoms with van der Waals surface area (Å²) in [5.41, 5.74) is -0.681. The maximum Gasteiger partial charge on any atom is 0.263 e. The highest BCUT2D eigenvalue weighted by Gasteiger charge is 2.49. The summed E-state index contributed by atoms with van der Waals surface area (Å²) >= 11 is 5.88. The first kappa shape index (κ1) is 16.6. The van der Waals surface area contributed by atoms with Crippen molar-refractivity contribution in [3.05, 3.63) is 29.3 Å². The van der Waals surface area contributed by atoms with Gasteiger partial charge < -0.3 is 14.8 Å². The number of halogens is 1. The molecule has 1 saturated heterocycles. The maximum absolute atomic E-state index is 12.7. The number of amides is 1. The van der Waals surface area contributed by atoms with E-state index in [2.05, 4.69) is 5.32 Å². The van der Waals surface area contributed by atoms with Gasteiger partial charge in [-0.15, -0.1) is 0 Å². The predicted molar refractivity (Wildman–Crippen MR) is 89.8 cm³/mol. The van der Waals surface area contributed by atoms with E-state index in [4.69, 9.17) is 21.1 Å². The molecule has 1 aromatic carbocycles. The van der Waals surface area contributed by atoms with Gasteiger partial charge in [0.25, 0.3) is 5.91 Å². The molecule has 1 unspecified atom stereocenters. The Morgan fingerprint density at radius 1 is 1.26 bits per heavy atom. The van der Waals surface area contributed by atoms with Gasteiger partial charge in [0.1, 0.15) is 5.75 Å². The van der Waals surface area contributed by atoms with Crippen molar-refractivity contribution in [1.29, 1.82) is 0 Å². The zero-order valence-electron chi connectivity index (χ0n) is 13.7. The lowest BCUT2D eigenvalue weighted by Crippen LogP contribution is -2.61. The summed E-state index contributed by atoms with van der Waals surface area (Å²) in [6.45, 7) is 5.20. The van der Waals surface area contributed by atoms with Gasteiger partial charge in [-0.05, 0) is 69.2 Å². The quantitative estimate of drug-likeness (QED) is 0.913. The van der Waals surface area contributed by atoms with Crippen LogP contribution in [0, 0.1) is 5.41 Å². The molecule has 1 heterocycles. The van der Waals surface area contributed by atoms with Crippen LogP contribution in [0.25, 0.3) is 0 Å². The Bertz CT molecular complexity index is 564. The van der Waals surface area contributed by atoms with Crippen LogP contribution in [-0.4, -0.2) is 30.8 Å². The Morgan fingerprint density at radius 2 is 1.91 bits per heavy atom. The molecule has 1 saturated carbocycles. The van der Waals surface area contributed by atoms with Crippen molar-refractivity contribution >= 4 is 17.5 Å². The van der Waals surface area contributed by atoms with Gasteiger partial charge in [0.2, 0.25) is 0 Å². The van der Waals surface area contributed by atoms with Crippen molar-refractivity contribution in [3.8, 4) is 5.75 Å². The van der Waals surface area contributed by atoms with Gasteiger partial charge in [-0.3, -0.25) is 4.79 Å². The molecule has 1 aromatic rings. The third-order valence-electron chi connectivity index (χ3n) is 5.20. The summed E-state index contributed by atoms with van der Waals surface area (Å²) in [4.78, 5) is 12.7. The Balaban J connectivity index is 1.61. The molecule has 1 spiro atoms. The van der Waals surface area contributed by atoms with Crippen molar-refractivity contribution in [2.45, 2.75) is 51.2 Å². The monoisotopic (exact) mass is 337 g/mol. The van der Waals surface area contributed by atoms with Crippen LogP contribution >= 0.6 is 11.6 Å². The van der Waals surface area contributed by atoms with E-state index in [1.807, 2.05) is 0 Å². The second-order valence-corrected chi connectivity index (χ2v) is 7.54. The third kappa shape index (κ3) is 3.48. The Kier molecular flexibility index (Phi) is 4.56. The van der Waals surface area contributed by atoms with Gasteiger partial charge in [0.15, 0.2) is 5.60 Å². The number of hydrogen-bond donors (Lipinski definition) is 1. The summed E-state index contributed by atoms with van der Waals surface area (Å²) in [5, 5.41) is 3.85. The first-order valence-corrected chi connectivity index (χ1v) is 8.62. The zero-order valence-corrected chi connectivity index (χ0v) is 14.5. The second kappa shape index (κ2) is 6.33. The minimum absolute atomic E-state index is 0.0667. The van der Waals surface area contributed by atoms with Crippen molar-refractivity contribution in [2.24, 2.45) is 5.41 Å². The van der Waals surface area contributed by atoms with Gasteiger partial charge in [-0.2, -0.15) is 0 Å². The summed E-state index contributed by atoms with van der Waals surface area (Å²) in [7, 11) is 0. The van der Waals surface area contributed by atoms with Gasteiger partial charge >= 0.3 is 0 Å². The van der Waals surface area contributed by atoms with E-state index in [1.165, 1.54) is 6.42 Å². The average molecular weight is 338 g/mol. The Labute approximate surface area is 142 Å². The van der Waals surface area contributed by atoms with E-state index in [0.717, 1.165) is 32.5 Å². The highest BCUT2D eigenvalue weighted by atomic mass is 35.5. The van der Waals surface area contributed by atoms with E-state index in [0.29, 0.717) is 10.8 Å². The molecule has 0 aromatic heterocycles. The van der Waals surface area contributed by atoms with Crippen LogP contribution in [-0.2, 0) is 9.53 Å².